The van der Waals surface area contributed by atoms with E-state index in [1.54, 1.807) is 0 Å². The summed E-state index contributed by atoms with van der Waals surface area (Å²) in [5, 5.41) is 0.414. The lowest BCUT2D eigenvalue weighted by Gasteiger charge is -2.12. The van der Waals surface area contributed by atoms with Gasteiger partial charge in [0.15, 0.2) is 0 Å². The molecule has 0 fully saturated rings. The lowest BCUT2D eigenvalue weighted by molar-refractivity contribution is -0.137. The van der Waals surface area contributed by atoms with Crippen LogP contribution in [0.3, 0.4) is 0 Å². The first-order valence-electron chi connectivity index (χ1n) is 5.85. The Morgan fingerprint density at radius 2 is 1.64 bits per heavy atom. The van der Waals surface area contributed by atoms with Gasteiger partial charge in [0, 0.05) is 10.7 Å². The Bertz CT molecular complexity index is 790. The maximum absolute atomic E-state index is 12.5. The lowest BCUT2D eigenvalue weighted by Crippen LogP contribution is -2.16. The number of hydrogen-bond acceptors (Lipinski definition) is 3. The summed E-state index contributed by atoms with van der Waals surface area (Å²) in [5.74, 6) is 0. The minimum atomic E-state index is -4.60. The fourth-order valence-electron chi connectivity index (χ4n) is 1.70. The van der Waals surface area contributed by atoms with Gasteiger partial charge in [0.05, 0.1) is 11.3 Å². The van der Waals surface area contributed by atoms with Crippen LogP contribution in [0.5, 0.6) is 0 Å². The molecular formula is C13H10ClF3N2O2S. The molecule has 22 heavy (non-hydrogen) atoms. The predicted molar refractivity (Wildman–Crippen MR) is 78.1 cm³/mol. The van der Waals surface area contributed by atoms with Gasteiger partial charge in [-0.15, -0.1) is 0 Å². The molecule has 0 saturated heterocycles. The van der Waals surface area contributed by atoms with Gasteiger partial charge in [-0.2, -0.15) is 13.2 Å². The second kappa shape index (κ2) is 5.69. The van der Waals surface area contributed by atoms with Crippen molar-refractivity contribution in [2.75, 3.05) is 10.5 Å². The molecule has 0 amide bonds. The summed E-state index contributed by atoms with van der Waals surface area (Å²) in [6.07, 6.45) is -4.60. The Morgan fingerprint density at radius 1 is 1.05 bits per heavy atom. The zero-order valence-corrected chi connectivity index (χ0v) is 12.4. The minimum absolute atomic E-state index is 0.212. The Morgan fingerprint density at radius 3 is 2.14 bits per heavy atom. The maximum Gasteiger partial charge on any atom is 0.416 e. The second-order valence-electron chi connectivity index (χ2n) is 4.36. The topological polar surface area (TPSA) is 72.2 Å². The van der Waals surface area contributed by atoms with Crippen LogP contribution in [-0.4, -0.2) is 8.42 Å². The van der Waals surface area contributed by atoms with Crippen molar-refractivity contribution < 1.29 is 21.6 Å². The van der Waals surface area contributed by atoms with Gasteiger partial charge in [0.2, 0.25) is 0 Å². The van der Waals surface area contributed by atoms with Gasteiger partial charge in [-0.3, -0.25) is 4.72 Å². The van der Waals surface area contributed by atoms with Gasteiger partial charge in [0.25, 0.3) is 10.0 Å². The molecule has 0 aliphatic heterocycles. The van der Waals surface area contributed by atoms with Crippen LogP contribution < -0.4 is 10.5 Å². The molecule has 0 heterocycles. The van der Waals surface area contributed by atoms with Gasteiger partial charge < -0.3 is 5.73 Å². The summed E-state index contributed by atoms with van der Waals surface area (Å²) in [7, 11) is -4.10. The highest BCUT2D eigenvalue weighted by Gasteiger charge is 2.32. The first-order chi connectivity index (χ1) is 10.1. The Kier molecular flexibility index (Phi) is 4.25. The van der Waals surface area contributed by atoms with Crippen molar-refractivity contribution in [2.24, 2.45) is 0 Å². The molecule has 0 aromatic heterocycles. The third kappa shape index (κ3) is 3.63. The standard InChI is InChI=1S/C13H10ClF3N2O2S/c14-9-2-4-10(5-3-9)19-22(20,21)12-6-1-8(7-11(12)18)13(15,16)17/h1-7,19H,18H2. The van der Waals surface area contributed by atoms with E-state index in [0.717, 1.165) is 6.07 Å². The Labute approximate surface area is 129 Å². The molecule has 0 atom stereocenters. The molecule has 2 aromatic rings. The average molecular weight is 351 g/mol. The first kappa shape index (κ1) is 16.4. The van der Waals surface area contributed by atoms with Crippen LogP contribution in [0, 0.1) is 0 Å². The highest BCUT2D eigenvalue weighted by molar-refractivity contribution is 7.92. The summed E-state index contributed by atoms with van der Waals surface area (Å²) in [6.45, 7) is 0. The van der Waals surface area contributed by atoms with E-state index >= 15 is 0 Å². The SMILES string of the molecule is Nc1cc(C(F)(F)F)ccc1S(=O)(=O)Nc1ccc(Cl)cc1. The van der Waals surface area contributed by atoms with Gasteiger partial charge in [0.1, 0.15) is 4.90 Å². The van der Waals surface area contributed by atoms with Crippen LogP contribution in [0.2, 0.25) is 5.02 Å². The zero-order chi connectivity index (χ0) is 16.5. The minimum Gasteiger partial charge on any atom is -0.398 e. The molecule has 0 radical (unpaired) electrons. The fourth-order valence-corrected chi connectivity index (χ4v) is 3.00. The van der Waals surface area contributed by atoms with Crippen LogP contribution in [-0.2, 0) is 16.2 Å². The molecule has 0 unspecified atom stereocenters. The van der Waals surface area contributed by atoms with Crippen molar-refractivity contribution in [2.45, 2.75) is 11.1 Å². The van der Waals surface area contributed by atoms with E-state index in [2.05, 4.69) is 4.72 Å². The number of nitrogen functional groups attached to an aromatic ring is 1. The molecule has 2 rings (SSSR count). The van der Waals surface area contributed by atoms with E-state index in [-0.39, 0.29) is 5.69 Å². The van der Waals surface area contributed by atoms with E-state index in [9.17, 15) is 21.6 Å². The van der Waals surface area contributed by atoms with Gasteiger partial charge in [-0.25, -0.2) is 8.42 Å². The third-order valence-electron chi connectivity index (χ3n) is 2.72. The molecule has 118 valence electrons. The number of hydrogen-bond donors (Lipinski definition) is 2. The molecule has 0 bridgehead atoms. The molecule has 0 aliphatic rings. The number of benzene rings is 2. The van der Waals surface area contributed by atoms with Crippen LogP contribution in [0.1, 0.15) is 5.56 Å². The van der Waals surface area contributed by atoms with Crippen molar-refractivity contribution in [1.82, 2.24) is 0 Å². The van der Waals surface area contributed by atoms with Crippen LogP contribution in [0.25, 0.3) is 0 Å². The predicted octanol–water partition coefficient (Wildman–Crippen LogP) is 3.74. The van der Waals surface area contributed by atoms with Crippen molar-refractivity contribution in [1.29, 1.82) is 0 Å². The van der Waals surface area contributed by atoms with E-state index in [4.69, 9.17) is 17.3 Å². The Balaban J connectivity index is 2.35. The molecule has 2 aromatic carbocycles. The summed E-state index contributed by atoms with van der Waals surface area (Å²) in [6, 6.07) is 7.82. The highest BCUT2D eigenvalue weighted by atomic mass is 35.5. The third-order valence-corrected chi connectivity index (χ3v) is 4.43. The van der Waals surface area contributed by atoms with Crippen molar-refractivity contribution in [3.63, 3.8) is 0 Å². The summed E-state index contributed by atoms with van der Waals surface area (Å²) >= 11 is 5.68. The highest BCUT2D eigenvalue weighted by Crippen LogP contribution is 2.33. The van der Waals surface area contributed by atoms with Crippen LogP contribution in [0.15, 0.2) is 47.4 Å². The zero-order valence-electron chi connectivity index (χ0n) is 10.9. The first-order valence-corrected chi connectivity index (χ1v) is 7.71. The number of anilines is 2. The number of nitrogens with two attached hydrogens (primary N) is 1. The second-order valence-corrected chi connectivity index (χ2v) is 6.45. The summed E-state index contributed by atoms with van der Waals surface area (Å²) in [4.78, 5) is -0.435. The van der Waals surface area contributed by atoms with E-state index in [0.29, 0.717) is 17.2 Å². The van der Waals surface area contributed by atoms with Crippen molar-refractivity contribution in [3.8, 4) is 0 Å². The monoisotopic (exact) mass is 350 g/mol. The van der Waals surface area contributed by atoms with Crippen molar-refractivity contribution >= 4 is 33.0 Å². The fraction of sp³-hybridized carbons (Fsp3) is 0.0769. The number of halogens is 4. The molecule has 3 N–H and O–H groups in total. The Hall–Kier alpha value is -1.93. The van der Waals surface area contributed by atoms with Gasteiger partial charge >= 0.3 is 6.18 Å². The number of sulfonamides is 1. The molecule has 0 spiro atoms. The number of alkyl halides is 3. The smallest absolute Gasteiger partial charge is 0.398 e. The largest absolute Gasteiger partial charge is 0.416 e. The lowest BCUT2D eigenvalue weighted by atomic mass is 10.2. The molecule has 4 nitrogen and oxygen atoms in total. The van der Waals surface area contributed by atoms with E-state index in [1.165, 1.54) is 24.3 Å². The van der Waals surface area contributed by atoms with E-state index in [1.807, 2.05) is 0 Å². The number of nitrogens with one attached hydrogen (secondary N) is 1. The van der Waals surface area contributed by atoms with Gasteiger partial charge in [-0.1, -0.05) is 11.6 Å². The quantitative estimate of drug-likeness (QED) is 0.828. The molecule has 0 saturated carbocycles. The van der Waals surface area contributed by atoms with Crippen molar-refractivity contribution in [3.05, 3.63) is 53.1 Å². The number of rotatable bonds is 3. The van der Waals surface area contributed by atoms with E-state index < -0.39 is 32.3 Å². The molecule has 0 aliphatic carbocycles. The van der Waals surface area contributed by atoms with Crippen LogP contribution >= 0.6 is 11.6 Å². The summed E-state index contributed by atoms with van der Waals surface area (Å²) in [5.41, 5.74) is 4.15. The van der Waals surface area contributed by atoms with Gasteiger partial charge in [-0.05, 0) is 42.5 Å². The molecule has 9 heteroatoms. The summed E-state index contributed by atoms with van der Waals surface area (Å²) < 4.78 is 64.2. The average Bonchev–Trinajstić information content (AvgIpc) is 2.39. The normalized spacial score (nSPS) is 12.2. The maximum atomic E-state index is 12.5. The van der Waals surface area contributed by atoms with Crippen LogP contribution in [0.4, 0.5) is 24.5 Å². The molecular weight excluding hydrogens is 341 g/mol.